The number of aromatic nitrogens is 3. The minimum atomic E-state index is -0.115. The molecule has 0 radical (unpaired) electrons. The highest BCUT2D eigenvalue weighted by atomic mass is 16.3. The number of rotatable bonds is 3. The molecule has 2 fully saturated rings. The third kappa shape index (κ3) is 2.34. The molecule has 3 aromatic rings. The Labute approximate surface area is 144 Å². The average Bonchev–Trinajstić information content (AvgIpc) is 3.37. The van der Waals surface area contributed by atoms with Crippen molar-refractivity contribution >= 4 is 16.8 Å². The van der Waals surface area contributed by atoms with E-state index in [9.17, 15) is 4.79 Å². The number of benzene rings is 1. The number of oxazole rings is 1. The van der Waals surface area contributed by atoms with Gasteiger partial charge < -0.3 is 14.6 Å². The summed E-state index contributed by atoms with van der Waals surface area (Å²) in [6, 6.07) is 6.54. The van der Waals surface area contributed by atoms with Crippen LogP contribution in [0.3, 0.4) is 0 Å². The summed E-state index contributed by atoms with van der Waals surface area (Å²) in [5.41, 5.74) is 2.09. The number of nitrogens with zero attached hydrogens (tertiary/aromatic N) is 3. The molecule has 1 aliphatic carbocycles. The molecule has 7 heteroatoms. The molecule has 128 valence electrons. The number of nitrogens with one attached hydrogen (secondary N) is 2. The highest BCUT2D eigenvalue weighted by molar-refractivity contribution is 6.05. The molecule has 1 amide bonds. The van der Waals surface area contributed by atoms with Gasteiger partial charge in [-0.3, -0.25) is 9.89 Å². The number of hydrogen-bond acceptors (Lipinski definition) is 5. The van der Waals surface area contributed by atoms with Gasteiger partial charge in [-0.1, -0.05) is 0 Å². The summed E-state index contributed by atoms with van der Waals surface area (Å²) in [5.74, 6) is 0.966. The van der Waals surface area contributed by atoms with Crippen molar-refractivity contribution in [2.75, 3.05) is 13.6 Å². The number of carbonyl (C=O) groups excluding carboxylic acids is 1. The number of H-pyrrole nitrogens is 1. The molecule has 25 heavy (non-hydrogen) atoms. The van der Waals surface area contributed by atoms with Crippen molar-refractivity contribution in [3.63, 3.8) is 0 Å². The second kappa shape index (κ2) is 5.42. The van der Waals surface area contributed by atoms with Gasteiger partial charge in [0.1, 0.15) is 6.26 Å². The van der Waals surface area contributed by atoms with Gasteiger partial charge in [-0.2, -0.15) is 5.10 Å². The Kier molecular flexibility index (Phi) is 3.18. The lowest BCUT2D eigenvalue weighted by Gasteiger charge is -2.28. The molecule has 3 heterocycles. The van der Waals surface area contributed by atoms with E-state index in [-0.39, 0.29) is 11.9 Å². The highest BCUT2D eigenvalue weighted by Gasteiger charge is 2.43. The van der Waals surface area contributed by atoms with Crippen molar-refractivity contribution in [3.05, 3.63) is 36.4 Å². The maximum absolute atomic E-state index is 12.8. The first-order valence-corrected chi connectivity index (χ1v) is 8.58. The van der Waals surface area contributed by atoms with Gasteiger partial charge in [0.25, 0.3) is 5.91 Å². The van der Waals surface area contributed by atoms with Crippen LogP contribution in [0.15, 0.2) is 35.1 Å². The van der Waals surface area contributed by atoms with Gasteiger partial charge in [-0.05, 0) is 44.0 Å². The lowest BCUT2D eigenvalue weighted by atomic mass is 10.0. The molecule has 2 N–H and O–H groups in total. The van der Waals surface area contributed by atoms with Crippen LogP contribution in [0, 0.1) is 5.92 Å². The lowest BCUT2D eigenvalue weighted by Crippen LogP contribution is -2.44. The van der Waals surface area contributed by atoms with Gasteiger partial charge >= 0.3 is 0 Å². The maximum Gasteiger partial charge on any atom is 0.272 e. The third-order valence-electron chi connectivity index (χ3n) is 5.59. The van der Waals surface area contributed by atoms with E-state index in [4.69, 9.17) is 4.42 Å². The summed E-state index contributed by atoms with van der Waals surface area (Å²) in [7, 11) is 2.16. The largest absolute Gasteiger partial charge is 0.445 e. The minimum absolute atomic E-state index is 0.115. The Balaban J connectivity index is 1.42. The van der Waals surface area contributed by atoms with Gasteiger partial charge in [0, 0.05) is 29.6 Å². The molecule has 1 aliphatic heterocycles. The summed E-state index contributed by atoms with van der Waals surface area (Å²) >= 11 is 0. The molecule has 3 atom stereocenters. The number of aromatic amines is 1. The average molecular weight is 337 g/mol. The molecule has 1 saturated heterocycles. The van der Waals surface area contributed by atoms with Crippen molar-refractivity contribution in [2.24, 2.45) is 5.92 Å². The van der Waals surface area contributed by atoms with Crippen LogP contribution in [-0.2, 0) is 0 Å². The molecule has 1 aromatic carbocycles. The number of fused-ring (bicyclic) bond motifs is 3. The summed E-state index contributed by atoms with van der Waals surface area (Å²) in [5, 5.41) is 11.2. The predicted molar refractivity (Wildman–Crippen MR) is 92.0 cm³/mol. The summed E-state index contributed by atoms with van der Waals surface area (Å²) in [6.07, 6.45) is 5.34. The van der Waals surface area contributed by atoms with E-state index < -0.39 is 0 Å². The molecule has 2 aliphatic rings. The van der Waals surface area contributed by atoms with Gasteiger partial charge in [0.15, 0.2) is 5.69 Å². The first-order chi connectivity index (χ1) is 12.2. The van der Waals surface area contributed by atoms with Gasteiger partial charge in [0.2, 0.25) is 5.89 Å². The fourth-order valence-electron chi connectivity index (χ4n) is 4.28. The van der Waals surface area contributed by atoms with Crippen molar-refractivity contribution in [1.82, 2.24) is 25.4 Å². The standard InChI is InChI=1S/C18H19N5O2/c1-23-9-11-6-12(23)8-15(11)20-17(24)16-13-7-10(18-19-4-5-25-18)2-3-14(13)21-22-16/h2-5,7,11-12,15H,6,8-9H2,1H3,(H,20,24)(H,21,22). The number of carbonyl (C=O) groups is 1. The summed E-state index contributed by atoms with van der Waals surface area (Å²) in [6.45, 7) is 1.06. The van der Waals surface area contributed by atoms with Gasteiger partial charge in [0.05, 0.1) is 11.7 Å². The zero-order chi connectivity index (χ0) is 17.0. The van der Waals surface area contributed by atoms with E-state index in [1.54, 1.807) is 6.20 Å². The van der Waals surface area contributed by atoms with E-state index in [1.165, 1.54) is 12.7 Å². The second-order valence-electron chi connectivity index (χ2n) is 7.07. The molecule has 3 unspecified atom stereocenters. The van der Waals surface area contributed by atoms with E-state index in [1.807, 2.05) is 18.2 Å². The van der Waals surface area contributed by atoms with Crippen LogP contribution in [0.5, 0.6) is 0 Å². The van der Waals surface area contributed by atoms with Crippen molar-refractivity contribution in [3.8, 4) is 11.5 Å². The maximum atomic E-state index is 12.8. The van der Waals surface area contributed by atoms with Crippen LogP contribution in [0.4, 0.5) is 0 Å². The zero-order valence-electron chi connectivity index (χ0n) is 13.9. The number of hydrogen-bond donors (Lipinski definition) is 2. The first kappa shape index (κ1) is 14.7. The number of amides is 1. The van der Waals surface area contributed by atoms with E-state index in [2.05, 4.69) is 32.4 Å². The van der Waals surface area contributed by atoms with Crippen molar-refractivity contribution in [2.45, 2.75) is 24.9 Å². The van der Waals surface area contributed by atoms with Crippen LogP contribution in [0.25, 0.3) is 22.4 Å². The topological polar surface area (TPSA) is 87.0 Å². The molecule has 5 rings (SSSR count). The second-order valence-corrected chi connectivity index (χ2v) is 7.07. The molecular weight excluding hydrogens is 318 g/mol. The Morgan fingerprint density at radius 1 is 1.40 bits per heavy atom. The quantitative estimate of drug-likeness (QED) is 0.764. The minimum Gasteiger partial charge on any atom is -0.445 e. The number of likely N-dealkylation sites (tertiary alicyclic amines) is 1. The Hall–Kier alpha value is -2.67. The van der Waals surface area contributed by atoms with E-state index >= 15 is 0 Å². The van der Waals surface area contributed by atoms with E-state index in [0.717, 1.165) is 29.4 Å². The fraction of sp³-hybridized carbons (Fsp3) is 0.389. The SMILES string of the molecule is CN1CC2CC1CC2NC(=O)c1n[nH]c2ccc(-c3ncco3)cc12. The molecule has 0 spiro atoms. The van der Waals surface area contributed by atoms with Gasteiger partial charge in [-0.15, -0.1) is 0 Å². The van der Waals surface area contributed by atoms with E-state index in [0.29, 0.717) is 23.5 Å². The smallest absolute Gasteiger partial charge is 0.272 e. The normalized spacial score (nSPS) is 25.7. The predicted octanol–water partition coefficient (Wildman–Crippen LogP) is 2.04. The summed E-state index contributed by atoms with van der Waals surface area (Å²) < 4.78 is 5.35. The van der Waals surface area contributed by atoms with Crippen molar-refractivity contribution in [1.29, 1.82) is 0 Å². The lowest BCUT2D eigenvalue weighted by molar-refractivity contribution is 0.0909. The summed E-state index contributed by atoms with van der Waals surface area (Å²) in [4.78, 5) is 19.3. The Morgan fingerprint density at radius 3 is 3.04 bits per heavy atom. The monoisotopic (exact) mass is 337 g/mol. The van der Waals surface area contributed by atoms with Crippen molar-refractivity contribution < 1.29 is 9.21 Å². The Bertz CT molecular complexity index is 930. The Morgan fingerprint density at radius 2 is 2.32 bits per heavy atom. The third-order valence-corrected chi connectivity index (χ3v) is 5.59. The van der Waals surface area contributed by atoms with Crippen LogP contribution < -0.4 is 5.32 Å². The van der Waals surface area contributed by atoms with Crippen LogP contribution >= 0.6 is 0 Å². The van der Waals surface area contributed by atoms with Crippen LogP contribution in [-0.4, -0.2) is 51.7 Å². The van der Waals surface area contributed by atoms with Crippen LogP contribution in [0.2, 0.25) is 0 Å². The van der Waals surface area contributed by atoms with Gasteiger partial charge in [-0.25, -0.2) is 4.98 Å². The fourth-order valence-corrected chi connectivity index (χ4v) is 4.28. The zero-order valence-corrected chi connectivity index (χ0v) is 13.9. The first-order valence-electron chi connectivity index (χ1n) is 8.58. The molecule has 7 nitrogen and oxygen atoms in total. The molecule has 2 bridgehead atoms. The van der Waals surface area contributed by atoms with Crippen LogP contribution in [0.1, 0.15) is 23.3 Å². The molecular formula is C18H19N5O2. The highest BCUT2D eigenvalue weighted by Crippen LogP contribution is 2.37. The molecule has 2 aromatic heterocycles. The number of piperidine rings is 1. The molecule has 1 saturated carbocycles.